The van der Waals surface area contributed by atoms with Gasteiger partial charge in [0.05, 0.1) is 6.61 Å². The van der Waals surface area contributed by atoms with Crippen molar-refractivity contribution in [2.24, 2.45) is 0 Å². The van der Waals surface area contributed by atoms with Crippen LogP contribution in [-0.4, -0.2) is 38.1 Å². The zero-order chi connectivity index (χ0) is 16.0. The number of ether oxygens (including phenoxy) is 1. The number of nitrogens with one attached hydrogen (secondary N) is 2. The summed E-state index contributed by atoms with van der Waals surface area (Å²) in [6.07, 6.45) is 0. The average Bonchev–Trinajstić information content (AvgIpc) is 2.44. The van der Waals surface area contributed by atoms with Gasteiger partial charge in [-0.05, 0) is 26.0 Å². The predicted molar refractivity (Wildman–Crippen MR) is 77.4 cm³/mol. The standard InChI is InChI=1S/C14H20FN3O3/c1-8-11(15)6-10(7-12(8)16)14(20)18-9(2)13(19)17-4-5-21-3/h6-7,9H,4-5,16H2,1-3H3,(H,17,19)(H,18,20). The Morgan fingerprint density at radius 1 is 1.43 bits per heavy atom. The predicted octanol–water partition coefficient (Wildman–Crippen LogP) is 0.597. The van der Waals surface area contributed by atoms with Gasteiger partial charge in [0.25, 0.3) is 5.91 Å². The number of hydrogen-bond acceptors (Lipinski definition) is 4. The third-order valence-electron chi connectivity index (χ3n) is 2.99. The van der Waals surface area contributed by atoms with E-state index in [4.69, 9.17) is 10.5 Å². The van der Waals surface area contributed by atoms with Crippen LogP contribution < -0.4 is 16.4 Å². The van der Waals surface area contributed by atoms with E-state index in [1.54, 1.807) is 0 Å². The van der Waals surface area contributed by atoms with Gasteiger partial charge in [-0.3, -0.25) is 9.59 Å². The highest BCUT2D eigenvalue weighted by Crippen LogP contribution is 2.17. The van der Waals surface area contributed by atoms with Crippen LogP contribution in [0.4, 0.5) is 10.1 Å². The molecule has 1 unspecified atom stereocenters. The molecule has 1 atom stereocenters. The van der Waals surface area contributed by atoms with Crippen LogP contribution in [0.1, 0.15) is 22.8 Å². The summed E-state index contributed by atoms with van der Waals surface area (Å²) in [4.78, 5) is 23.7. The maximum absolute atomic E-state index is 13.5. The van der Waals surface area contributed by atoms with Gasteiger partial charge in [0.1, 0.15) is 11.9 Å². The Hall–Kier alpha value is -2.15. The van der Waals surface area contributed by atoms with Crippen molar-refractivity contribution in [1.82, 2.24) is 10.6 Å². The highest BCUT2D eigenvalue weighted by atomic mass is 19.1. The lowest BCUT2D eigenvalue weighted by Gasteiger charge is -2.14. The Bertz CT molecular complexity index is 511. The first kappa shape index (κ1) is 16.9. The summed E-state index contributed by atoms with van der Waals surface area (Å²) in [5.41, 5.74) is 6.17. The lowest BCUT2D eigenvalue weighted by molar-refractivity contribution is -0.122. The van der Waals surface area contributed by atoms with Crippen molar-refractivity contribution in [3.63, 3.8) is 0 Å². The third kappa shape index (κ3) is 4.71. The van der Waals surface area contributed by atoms with E-state index in [0.717, 1.165) is 6.07 Å². The lowest BCUT2D eigenvalue weighted by Crippen LogP contribution is -2.45. The Kier molecular flexibility index (Phi) is 6.10. The second-order valence-corrected chi connectivity index (χ2v) is 4.65. The van der Waals surface area contributed by atoms with Crippen molar-refractivity contribution < 1.29 is 18.7 Å². The van der Waals surface area contributed by atoms with Crippen molar-refractivity contribution in [3.05, 3.63) is 29.1 Å². The van der Waals surface area contributed by atoms with Gasteiger partial charge in [0.2, 0.25) is 5.91 Å². The van der Waals surface area contributed by atoms with E-state index >= 15 is 0 Å². The van der Waals surface area contributed by atoms with Crippen LogP contribution in [0.15, 0.2) is 12.1 Å². The molecular weight excluding hydrogens is 277 g/mol. The van der Waals surface area contributed by atoms with Crippen molar-refractivity contribution >= 4 is 17.5 Å². The second-order valence-electron chi connectivity index (χ2n) is 4.65. The SMILES string of the molecule is COCCNC(=O)C(C)NC(=O)c1cc(N)c(C)c(F)c1. The lowest BCUT2D eigenvalue weighted by atomic mass is 10.1. The fraction of sp³-hybridized carbons (Fsp3) is 0.429. The molecule has 7 heteroatoms. The number of methoxy groups -OCH3 is 1. The number of anilines is 1. The summed E-state index contributed by atoms with van der Waals surface area (Å²) in [5.74, 6) is -1.46. The molecular formula is C14H20FN3O3. The molecule has 0 heterocycles. The molecule has 0 fully saturated rings. The maximum Gasteiger partial charge on any atom is 0.252 e. The minimum absolute atomic E-state index is 0.0761. The number of carbonyl (C=O) groups is 2. The fourth-order valence-electron chi connectivity index (χ4n) is 1.61. The summed E-state index contributed by atoms with van der Waals surface area (Å²) in [5, 5.41) is 5.08. The second kappa shape index (κ2) is 7.58. The molecule has 0 saturated heterocycles. The molecule has 1 rings (SSSR count). The highest BCUT2D eigenvalue weighted by molar-refractivity contribution is 5.98. The molecule has 4 N–H and O–H groups in total. The molecule has 0 radical (unpaired) electrons. The zero-order valence-electron chi connectivity index (χ0n) is 12.3. The van der Waals surface area contributed by atoms with Gasteiger partial charge < -0.3 is 21.1 Å². The first-order valence-corrected chi connectivity index (χ1v) is 6.50. The normalized spacial score (nSPS) is 11.8. The number of carbonyl (C=O) groups excluding carboxylic acids is 2. The van der Waals surface area contributed by atoms with Crippen molar-refractivity contribution in [2.75, 3.05) is 26.0 Å². The molecule has 0 aromatic heterocycles. The van der Waals surface area contributed by atoms with E-state index < -0.39 is 17.8 Å². The monoisotopic (exact) mass is 297 g/mol. The number of amides is 2. The van der Waals surface area contributed by atoms with E-state index in [9.17, 15) is 14.0 Å². The van der Waals surface area contributed by atoms with Crippen LogP contribution in [0.2, 0.25) is 0 Å². The van der Waals surface area contributed by atoms with Crippen LogP contribution in [-0.2, 0) is 9.53 Å². The summed E-state index contributed by atoms with van der Waals surface area (Å²) in [6.45, 7) is 3.79. The van der Waals surface area contributed by atoms with Crippen LogP contribution >= 0.6 is 0 Å². The molecule has 116 valence electrons. The van der Waals surface area contributed by atoms with Crippen LogP contribution in [0.5, 0.6) is 0 Å². The highest BCUT2D eigenvalue weighted by Gasteiger charge is 2.17. The maximum atomic E-state index is 13.5. The molecule has 0 bridgehead atoms. The molecule has 6 nitrogen and oxygen atoms in total. The number of hydrogen-bond donors (Lipinski definition) is 3. The summed E-state index contributed by atoms with van der Waals surface area (Å²) in [6, 6.07) is 1.72. The van der Waals surface area contributed by atoms with Crippen molar-refractivity contribution in [2.45, 2.75) is 19.9 Å². The fourth-order valence-corrected chi connectivity index (χ4v) is 1.61. The van der Waals surface area contributed by atoms with Gasteiger partial charge in [-0.2, -0.15) is 0 Å². The van der Waals surface area contributed by atoms with E-state index in [1.165, 1.54) is 27.0 Å². The summed E-state index contributed by atoms with van der Waals surface area (Å²) < 4.78 is 18.4. The average molecular weight is 297 g/mol. The van der Waals surface area contributed by atoms with E-state index in [2.05, 4.69) is 10.6 Å². The molecule has 0 aliphatic heterocycles. The van der Waals surface area contributed by atoms with Crippen LogP contribution in [0.3, 0.4) is 0 Å². The van der Waals surface area contributed by atoms with Crippen molar-refractivity contribution in [3.8, 4) is 0 Å². The largest absolute Gasteiger partial charge is 0.398 e. The van der Waals surface area contributed by atoms with E-state index in [0.29, 0.717) is 13.2 Å². The Labute approximate surface area is 122 Å². The molecule has 0 saturated carbocycles. The molecule has 0 aliphatic carbocycles. The van der Waals surface area contributed by atoms with Gasteiger partial charge in [0.15, 0.2) is 0 Å². The quantitative estimate of drug-likeness (QED) is 0.529. The van der Waals surface area contributed by atoms with Gasteiger partial charge in [-0.15, -0.1) is 0 Å². The van der Waals surface area contributed by atoms with E-state index in [1.807, 2.05) is 0 Å². The van der Waals surface area contributed by atoms with Gasteiger partial charge in [-0.25, -0.2) is 4.39 Å². The Morgan fingerprint density at radius 3 is 2.67 bits per heavy atom. The summed E-state index contributed by atoms with van der Waals surface area (Å²) in [7, 11) is 1.52. The minimum atomic E-state index is -0.750. The first-order chi connectivity index (χ1) is 9.86. The van der Waals surface area contributed by atoms with Crippen LogP contribution in [0, 0.1) is 12.7 Å². The molecule has 1 aromatic rings. The zero-order valence-corrected chi connectivity index (χ0v) is 12.3. The van der Waals surface area contributed by atoms with Gasteiger partial charge in [0, 0.05) is 30.5 Å². The number of benzene rings is 1. The number of halogens is 1. The molecule has 0 spiro atoms. The summed E-state index contributed by atoms with van der Waals surface area (Å²) >= 11 is 0. The Balaban J connectivity index is 2.66. The van der Waals surface area contributed by atoms with Crippen LogP contribution in [0.25, 0.3) is 0 Å². The number of nitrogens with two attached hydrogens (primary N) is 1. The van der Waals surface area contributed by atoms with Crippen molar-refractivity contribution in [1.29, 1.82) is 0 Å². The molecule has 0 aliphatic rings. The number of nitrogen functional groups attached to an aromatic ring is 1. The molecule has 1 aromatic carbocycles. The van der Waals surface area contributed by atoms with Gasteiger partial charge >= 0.3 is 0 Å². The first-order valence-electron chi connectivity index (χ1n) is 6.50. The minimum Gasteiger partial charge on any atom is -0.398 e. The smallest absolute Gasteiger partial charge is 0.252 e. The molecule has 21 heavy (non-hydrogen) atoms. The molecule has 2 amide bonds. The van der Waals surface area contributed by atoms with Gasteiger partial charge in [-0.1, -0.05) is 0 Å². The topological polar surface area (TPSA) is 93.5 Å². The van der Waals surface area contributed by atoms with E-state index in [-0.39, 0.29) is 22.7 Å². The third-order valence-corrected chi connectivity index (χ3v) is 2.99. The Morgan fingerprint density at radius 2 is 2.10 bits per heavy atom. The number of rotatable bonds is 6.